The van der Waals surface area contributed by atoms with Crippen LogP contribution in [-0.2, 0) is 13.2 Å². The maximum absolute atomic E-state index is 13.1. The van der Waals surface area contributed by atoms with Crippen LogP contribution in [0.2, 0.25) is 5.02 Å². The van der Waals surface area contributed by atoms with Gasteiger partial charge in [0.1, 0.15) is 12.4 Å². The van der Waals surface area contributed by atoms with Gasteiger partial charge in [-0.1, -0.05) is 23.7 Å². The smallest absolute Gasteiger partial charge is 0.161 e. The summed E-state index contributed by atoms with van der Waals surface area (Å²) in [6.45, 7) is 5.39. The minimum Gasteiger partial charge on any atom is -0.490 e. The van der Waals surface area contributed by atoms with E-state index in [0.29, 0.717) is 23.1 Å². The number of rotatable bonds is 10. The minimum absolute atomic E-state index is 0.250. The lowest BCUT2D eigenvalue weighted by molar-refractivity contribution is 0.269. The third kappa shape index (κ3) is 6.48. The predicted molar refractivity (Wildman–Crippen MR) is 104 cm³/mol. The number of likely N-dealkylation sites (N-methyl/N-ethyl adjacent to an activating group) is 1. The molecule has 0 spiro atoms. The van der Waals surface area contributed by atoms with Crippen LogP contribution in [0.5, 0.6) is 11.5 Å². The molecule has 4 nitrogen and oxygen atoms in total. The van der Waals surface area contributed by atoms with Gasteiger partial charge in [-0.2, -0.15) is 0 Å². The van der Waals surface area contributed by atoms with Gasteiger partial charge in [0.2, 0.25) is 0 Å². The number of halogens is 2. The number of nitrogens with zero attached hydrogens (tertiary/aromatic N) is 1. The van der Waals surface area contributed by atoms with Crippen molar-refractivity contribution in [2.75, 3.05) is 33.8 Å². The molecular weight excluding hydrogens is 355 g/mol. The Kier molecular flexibility index (Phi) is 8.16. The van der Waals surface area contributed by atoms with Crippen molar-refractivity contribution in [1.82, 2.24) is 10.2 Å². The highest BCUT2D eigenvalue weighted by Crippen LogP contribution is 2.30. The molecular formula is C20H26ClFN2O2. The molecule has 0 radical (unpaired) electrons. The molecule has 142 valence electrons. The largest absolute Gasteiger partial charge is 0.490 e. The van der Waals surface area contributed by atoms with E-state index >= 15 is 0 Å². The average molecular weight is 381 g/mol. The molecule has 0 aliphatic heterocycles. The summed E-state index contributed by atoms with van der Waals surface area (Å²) < 4.78 is 24.7. The molecule has 0 bridgehead atoms. The first-order valence-electron chi connectivity index (χ1n) is 8.67. The van der Waals surface area contributed by atoms with E-state index in [1.54, 1.807) is 6.07 Å². The molecule has 6 heteroatoms. The van der Waals surface area contributed by atoms with E-state index in [0.717, 1.165) is 30.8 Å². The Labute approximate surface area is 159 Å². The van der Waals surface area contributed by atoms with Crippen molar-refractivity contribution in [1.29, 1.82) is 0 Å². The normalized spacial score (nSPS) is 11.0. The lowest BCUT2D eigenvalue weighted by Crippen LogP contribution is -2.26. The fourth-order valence-corrected chi connectivity index (χ4v) is 2.60. The van der Waals surface area contributed by atoms with Crippen molar-refractivity contribution in [3.8, 4) is 11.5 Å². The topological polar surface area (TPSA) is 33.7 Å². The van der Waals surface area contributed by atoms with Crippen LogP contribution in [0.25, 0.3) is 0 Å². The average Bonchev–Trinajstić information content (AvgIpc) is 2.59. The number of ether oxygens (including phenoxy) is 2. The molecule has 26 heavy (non-hydrogen) atoms. The third-order valence-corrected chi connectivity index (χ3v) is 4.12. The molecule has 0 heterocycles. The molecule has 0 atom stereocenters. The van der Waals surface area contributed by atoms with Gasteiger partial charge < -0.3 is 19.7 Å². The zero-order chi connectivity index (χ0) is 18.9. The van der Waals surface area contributed by atoms with Crippen LogP contribution in [-0.4, -0.2) is 38.7 Å². The highest BCUT2D eigenvalue weighted by Gasteiger charge is 2.09. The molecule has 2 aromatic carbocycles. The van der Waals surface area contributed by atoms with Gasteiger partial charge in [-0.05, 0) is 50.8 Å². The Hall–Kier alpha value is -1.82. The summed E-state index contributed by atoms with van der Waals surface area (Å²) in [5.74, 6) is 0.974. The van der Waals surface area contributed by atoms with Crippen molar-refractivity contribution in [3.05, 3.63) is 58.4 Å². The second-order valence-corrected chi connectivity index (χ2v) is 6.63. The van der Waals surface area contributed by atoms with Crippen LogP contribution in [0.1, 0.15) is 18.1 Å². The molecule has 0 aromatic heterocycles. The van der Waals surface area contributed by atoms with Gasteiger partial charge in [-0.15, -0.1) is 0 Å². The van der Waals surface area contributed by atoms with E-state index in [1.165, 1.54) is 12.1 Å². The maximum Gasteiger partial charge on any atom is 0.161 e. The fourth-order valence-electron chi connectivity index (χ4n) is 2.38. The quantitative estimate of drug-likeness (QED) is 0.629. The van der Waals surface area contributed by atoms with E-state index < -0.39 is 0 Å². The molecule has 1 N–H and O–H groups in total. The summed E-state index contributed by atoms with van der Waals surface area (Å²) in [5.41, 5.74) is 1.85. The second-order valence-electron chi connectivity index (χ2n) is 6.22. The monoisotopic (exact) mass is 380 g/mol. The maximum atomic E-state index is 13.1. The van der Waals surface area contributed by atoms with Gasteiger partial charge in [0, 0.05) is 25.2 Å². The summed E-state index contributed by atoms with van der Waals surface area (Å²) in [5, 5.41) is 3.75. The van der Waals surface area contributed by atoms with Gasteiger partial charge >= 0.3 is 0 Å². The first-order chi connectivity index (χ1) is 12.5. The number of hydrogen-bond acceptors (Lipinski definition) is 4. The Balaban J connectivity index is 2.00. The first-order valence-corrected chi connectivity index (χ1v) is 9.05. The van der Waals surface area contributed by atoms with Crippen molar-refractivity contribution < 1.29 is 13.9 Å². The Morgan fingerprint density at radius 2 is 1.88 bits per heavy atom. The van der Waals surface area contributed by atoms with Gasteiger partial charge in [-0.3, -0.25) is 0 Å². The zero-order valence-electron chi connectivity index (χ0n) is 15.5. The van der Waals surface area contributed by atoms with E-state index in [2.05, 4.69) is 10.2 Å². The summed E-state index contributed by atoms with van der Waals surface area (Å²) in [7, 11) is 4.10. The first kappa shape index (κ1) is 20.5. The van der Waals surface area contributed by atoms with Crippen LogP contribution < -0.4 is 14.8 Å². The molecule has 0 aliphatic carbocycles. The number of benzene rings is 2. The molecule has 0 saturated carbocycles. The molecule has 0 amide bonds. The van der Waals surface area contributed by atoms with Gasteiger partial charge in [-0.25, -0.2) is 4.39 Å². The van der Waals surface area contributed by atoms with Crippen molar-refractivity contribution in [2.24, 2.45) is 0 Å². The summed E-state index contributed by atoms with van der Waals surface area (Å²) >= 11 is 6.05. The molecule has 0 fully saturated rings. The second kappa shape index (κ2) is 10.4. The summed E-state index contributed by atoms with van der Waals surface area (Å²) in [6.07, 6.45) is 0. The van der Waals surface area contributed by atoms with E-state index in [9.17, 15) is 4.39 Å². The summed E-state index contributed by atoms with van der Waals surface area (Å²) in [4.78, 5) is 2.14. The zero-order valence-corrected chi connectivity index (χ0v) is 16.3. The lowest BCUT2D eigenvalue weighted by Gasteiger charge is -2.15. The molecule has 0 unspecified atom stereocenters. The Morgan fingerprint density at radius 1 is 1.08 bits per heavy atom. The van der Waals surface area contributed by atoms with Gasteiger partial charge in [0.25, 0.3) is 0 Å². The van der Waals surface area contributed by atoms with E-state index in [4.69, 9.17) is 21.1 Å². The fraction of sp³-hybridized carbons (Fsp3) is 0.400. The van der Waals surface area contributed by atoms with Crippen molar-refractivity contribution in [2.45, 2.75) is 20.1 Å². The summed E-state index contributed by atoms with van der Waals surface area (Å²) in [6, 6.07) is 10.2. The van der Waals surface area contributed by atoms with Gasteiger partial charge in [0.15, 0.2) is 11.5 Å². The Bertz CT molecular complexity index is 710. The highest BCUT2D eigenvalue weighted by atomic mass is 35.5. The minimum atomic E-state index is -0.361. The van der Waals surface area contributed by atoms with Crippen LogP contribution in [0, 0.1) is 5.82 Å². The van der Waals surface area contributed by atoms with Crippen molar-refractivity contribution >= 4 is 11.6 Å². The SMILES string of the molecule is CCOc1cc(CNCCN(C)C)ccc1OCc1ccc(F)cc1Cl. The van der Waals surface area contributed by atoms with Gasteiger partial charge in [0.05, 0.1) is 11.6 Å². The highest BCUT2D eigenvalue weighted by molar-refractivity contribution is 6.31. The van der Waals surface area contributed by atoms with Crippen LogP contribution in [0.15, 0.2) is 36.4 Å². The third-order valence-electron chi connectivity index (χ3n) is 3.77. The van der Waals surface area contributed by atoms with Crippen LogP contribution in [0.3, 0.4) is 0 Å². The predicted octanol–water partition coefficient (Wildman–Crippen LogP) is 4.11. The molecule has 2 rings (SSSR count). The standard InChI is InChI=1S/C20H26ClFN2O2/c1-4-25-20-11-15(13-23-9-10-24(2)3)5-8-19(20)26-14-16-6-7-17(22)12-18(16)21/h5-8,11-12,23H,4,9-10,13-14H2,1-3H3. The Morgan fingerprint density at radius 3 is 2.58 bits per heavy atom. The lowest BCUT2D eigenvalue weighted by atomic mass is 10.2. The van der Waals surface area contributed by atoms with E-state index in [1.807, 2.05) is 39.2 Å². The molecule has 0 aliphatic rings. The van der Waals surface area contributed by atoms with Crippen molar-refractivity contribution in [3.63, 3.8) is 0 Å². The van der Waals surface area contributed by atoms with Crippen LogP contribution >= 0.6 is 11.6 Å². The molecule has 2 aromatic rings. The molecule has 0 saturated heterocycles. The number of hydrogen-bond donors (Lipinski definition) is 1. The van der Waals surface area contributed by atoms with E-state index in [-0.39, 0.29) is 12.4 Å². The number of nitrogens with one attached hydrogen (secondary N) is 1. The van der Waals surface area contributed by atoms with Crippen LogP contribution in [0.4, 0.5) is 4.39 Å².